The molecule has 0 aromatic carbocycles. The largest absolute Gasteiger partial charge is 0.330 e. The van der Waals surface area contributed by atoms with Crippen molar-refractivity contribution in [2.45, 2.75) is 25.2 Å². The van der Waals surface area contributed by atoms with E-state index in [9.17, 15) is 0 Å². The molecular formula is C7H13ClN4. The Hall–Kier alpha value is -0.610. The summed E-state index contributed by atoms with van der Waals surface area (Å²) in [5, 5.41) is 6.99. The molecule has 0 atom stereocenters. The SMILES string of the molecule is Cl.NCCc1nc(C2CC2)n[nH]1. The molecule has 1 aliphatic carbocycles. The fourth-order valence-corrected chi connectivity index (χ4v) is 1.08. The summed E-state index contributed by atoms with van der Waals surface area (Å²) in [6, 6.07) is 0. The van der Waals surface area contributed by atoms with Crippen LogP contribution in [0.25, 0.3) is 0 Å². The van der Waals surface area contributed by atoms with Gasteiger partial charge in [-0.25, -0.2) is 4.98 Å². The van der Waals surface area contributed by atoms with E-state index in [4.69, 9.17) is 5.73 Å². The van der Waals surface area contributed by atoms with Crippen LogP contribution in [0.5, 0.6) is 0 Å². The molecule has 68 valence electrons. The molecule has 1 saturated carbocycles. The Kier molecular flexibility index (Phi) is 3.05. The van der Waals surface area contributed by atoms with Crippen LogP contribution in [0, 0.1) is 0 Å². The average molecular weight is 189 g/mol. The standard InChI is InChI=1S/C7H12N4.ClH/c8-4-3-6-9-7(11-10-6)5-1-2-5;/h5H,1-4,8H2,(H,9,10,11);1H. The van der Waals surface area contributed by atoms with E-state index in [0.717, 1.165) is 18.1 Å². The van der Waals surface area contributed by atoms with E-state index in [2.05, 4.69) is 15.2 Å². The molecule has 0 saturated heterocycles. The van der Waals surface area contributed by atoms with Gasteiger partial charge in [0.05, 0.1) is 0 Å². The van der Waals surface area contributed by atoms with E-state index in [-0.39, 0.29) is 12.4 Å². The summed E-state index contributed by atoms with van der Waals surface area (Å²) >= 11 is 0. The third kappa shape index (κ3) is 1.95. The Morgan fingerprint density at radius 1 is 1.50 bits per heavy atom. The molecule has 4 nitrogen and oxygen atoms in total. The summed E-state index contributed by atoms with van der Waals surface area (Å²) in [4.78, 5) is 4.32. The summed E-state index contributed by atoms with van der Waals surface area (Å²) in [6.07, 6.45) is 3.31. The van der Waals surface area contributed by atoms with Crippen molar-refractivity contribution in [3.8, 4) is 0 Å². The minimum atomic E-state index is 0. The van der Waals surface area contributed by atoms with Gasteiger partial charge >= 0.3 is 0 Å². The van der Waals surface area contributed by atoms with Crippen LogP contribution in [-0.4, -0.2) is 21.7 Å². The Bertz CT molecular complexity index is 243. The highest BCUT2D eigenvalue weighted by molar-refractivity contribution is 5.85. The first-order valence-corrected chi connectivity index (χ1v) is 4.01. The van der Waals surface area contributed by atoms with Gasteiger partial charge in [-0.15, -0.1) is 12.4 Å². The van der Waals surface area contributed by atoms with Crippen LogP contribution in [0.15, 0.2) is 0 Å². The highest BCUT2D eigenvalue weighted by atomic mass is 35.5. The van der Waals surface area contributed by atoms with Crippen molar-refractivity contribution >= 4 is 12.4 Å². The lowest BCUT2D eigenvalue weighted by atomic mass is 10.4. The number of H-pyrrole nitrogens is 1. The zero-order valence-corrected chi connectivity index (χ0v) is 7.60. The topological polar surface area (TPSA) is 67.6 Å². The summed E-state index contributed by atoms with van der Waals surface area (Å²) in [6.45, 7) is 0.638. The summed E-state index contributed by atoms with van der Waals surface area (Å²) in [5.74, 6) is 2.54. The molecular weight excluding hydrogens is 176 g/mol. The number of nitrogens with zero attached hydrogens (tertiary/aromatic N) is 2. The Balaban J connectivity index is 0.000000720. The van der Waals surface area contributed by atoms with Crippen molar-refractivity contribution < 1.29 is 0 Å². The molecule has 0 radical (unpaired) electrons. The maximum absolute atomic E-state index is 5.37. The quantitative estimate of drug-likeness (QED) is 0.730. The Labute approximate surface area is 77.4 Å². The molecule has 0 amide bonds. The lowest BCUT2D eigenvalue weighted by Crippen LogP contribution is -2.03. The second-order valence-corrected chi connectivity index (χ2v) is 2.95. The number of nitrogens with two attached hydrogens (primary N) is 1. The second-order valence-electron chi connectivity index (χ2n) is 2.95. The van der Waals surface area contributed by atoms with Crippen molar-refractivity contribution in [2.75, 3.05) is 6.54 Å². The van der Waals surface area contributed by atoms with E-state index in [1.54, 1.807) is 0 Å². The highest BCUT2D eigenvalue weighted by Crippen LogP contribution is 2.37. The Morgan fingerprint density at radius 3 is 2.83 bits per heavy atom. The number of aromatic nitrogens is 3. The van der Waals surface area contributed by atoms with Crippen LogP contribution in [0.4, 0.5) is 0 Å². The maximum Gasteiger partial charge on any atom is 0.153 e. The first-order chi connectivity index (χ1) is 5.40. The predicted molar refractivity (Wildman–Crippen MR) is 48.4 cm³/mol. The third-order valence-electron chi connectivity index (χ3n) is 1.87. The predicted octanol–water partition coefficient (Wildman–Crippen LogP) is 0.605. The fraction of sp³-hybridized carbons (Fsp3) is 0.714. The van der Waals surface area contributed by atoms with Crippen molar-refractivity contribution in [2.24, 2.45) is 5.73 Å². The minimum absolute atomic E-state index is 0. The van der Waals surface area contributed by atoms with E-state index in [0.29, 0.717) is 12.5 Å². The number of rotatable bonds is 3. The third-order valence-corrected chi connectivity index (χ3v) is 1.87. The van der Waals surface area contributed by atoms with Gasteiger partial charge in [-0.3, -0.25) is 5.10 Å². The molecule has 0 aliphatic heterocycles. The molecule has 1 fully saturated rings. The van der Waals surface area contributed by atoms with Gasteiger partial charge in [-0.1, -0.05) is 0 Å². The molecule has 12 heavy (non-hydrogen) atoms. The van der Waals surface area contributed by atoms with Gasteiger partial charge in [0.1, 0.15) is 5.82 Å². The van der Waals surface area contributed by atoms with Crippen LogP contribution < -0.4 is 5.73 Å². The molecule has 1 aliphatic rings. The molecule has 0 spiro atoms. The lowest BCUT2D eigenvalue weighted by Gasteiger charge is -1.86. The fourth-order valence-electron chi connectivity index (χ4n) is 1.08. The van der Waals surface area contributed by atoms with Crippen molar-refractivity contribution in [3.05, 3.63) is 11.6 Å². The van der Waals surface area contributed by atoms with Gasteiger partial charge in [-0.05, 0) is 19.4 Å². The molecule has 0 bridgehead atoms. The lowest BCUT2D eigenvalue weighted by molar-refractivity contribution is 0.874. The van der Waals surface area contributed by atoms with Crippen LogP contribution >= 0.6 is 12.4 Å². The monoisotopic (exact) mass is 188 g/mol. The van der Waals surface area contributed by atoms with Crippen LogP contribution in [0.1, 0.15) is 30.4 Å². The zero-order chi connectivity index (χ0) is 7.68. The van der Waals surface area contributed by atoms with Gasteiger partial charge in [0.15, 0.2) is 5.82 Å². The van der Waals surface area contributed by atoms with Crippen molar-refractivity contribution in [1.29, 1.82) is 0 Å². The number of halogens is 1. The zero-order valence-electron chi connectivity index (χ0n) is 6.79. The Morgan fingerprint density at radius 2 is 2.25 bits per heavy atom. The van der Waals surface area contributed by atoms with Gasteiger partial charge < -0.3 is 5.73 Å². The molecule has 2 rings (SSSR count). The number of aromatic amines is 1. The summed E-state index contributed by atoms with van der Waals surface area (Å²) in [7, 11) is 0. The average Bonchev–Trinajstić information content (AvgIpc) is 2.75. The maximum atomic E-state index is 5.37. The van der Waals surface area contributed by atoms with Gasteiger partial charge in [0, 0.05) is 12.3 Å². The van der Waals surface area contributed by atoms with E-state index in [1.807, 2.05) is 0 Å². The molecule has 0 unspecified atom stereocenters. The molecule has 1 aromatic heterocycles. The van der Waals surface area contributed by atoms with E-state index in [1.165, 1.54) is 12.8 Å². The number of nitrogens with one attached hydrogen (secondary N) is 1. The van der Waals surface area contributed by atoms with Gasteiger partial charge in [0.25, 0.3) is 0 Å². The summed E-state index contributed by atoms with van der Waals surface area (Å²) < 4.78 is 0. The van der Waals surface area contributed by atoms with Gasteiger partial charge in [-0.2, -0.15) is 5.10 Å². The molecule has 1 aromatic rings. The van der Waals surface area contributed by atoms with Crippen LogP contribution in [0.3, 0.4) is 0 Å². The first kappa shape index (κ1) is 9.48. The summed E-state index contributed by atoms with van der Waals surface area (Å²) in [5.41, 5.74) is 5.37. The minimum Gasteiger partial charge on any atom is -0.330 e. The number of hydrogen-bond acceptors (Lipinski definition) is 3. The smallest absolute Gasteiger partial charge is 0.153 e. The van der Waals surface area contributed by atoms with Crippen molar-refractivity contribution in [1.82, 2.24) is 15.2 Å². The first-order valence-electron chi connectivity index (χ1n) is 4.01. The normalized spacial score (nSPS) is 15.8. The second kappa shape index (κ2) is 3.87. The van der Waals surface area contributed by atoms with E-state index >= 15 is 0 Å². The molecule has 3 N–H and O–H groups in total. The van der Waals surface area contributed by atoms with Crippen LogP contribution in [-0.2, 0) is 6.42 Å². The molecule has 5 heteroatoms. The van der Waals surface area contributed by atoms with E-state index < -0.39 is 0 Å². The highest BCUT2D eigenvalue weighted by Gasteiger charge is 2.27. The molecule has 1 heterocycles. The van der Waals surface area contributed by atoms with Gasteiger partial charge in [0.2, 0.25) is 0 Å². The van der Waals surface area contributed by atoms with Crippen LogP contribution in [0.2, 0.25) is 0 Å². The van der Waals surface area contributed by atoms with Crippen molar-refractivity contribution in [3.63, 3.8) is 0 Å². The number of hydrogen-bond donors (Lipinski definition) is 2.